The Morgan fingerprint density at radius 1 is 1.26 bits per heavy atom. The number of hydrogen-bond donors (Lipinski definition) is 1. The van der Waals surface area contributed by atoms with E-state index in [0.29, 0.717) is 18.4 Å². The van der Waals surface area contributed by atoms with E-state index in [2.05, 4.69) is 13.2 Å². The summed E-state index contributed by atoms with van der Waals surface area (Å²) in [7, 11) is 0. The molecule has 1 heterocycles. The second-order valence-corrected chi connectivity index (χ2v) is 5.99. The van der Waals surface area contributed by atoms with Crippen molar-refractivity contribution >= 4 is 11.8 Å². The first kappa shape index (κ1) is 12.6. The van der Waals surface area contributed by atoms with Crippen molar-refractivity contribution < 1.29 is 19.4 Å². The monoisotopic (exact) mass is 262 g/mol. The van der Waals surface area contributed by atoms with Gasteiger partial charge in [0.15, 0.2) is 0 Å². The molecule has 3 fully saturated rings. The molecule has 0 unspecified atom stereocenters. The van der Waals surface area contributed by atoms with Gasteiger partial charge in [0.1, 0.15) is 11.9 Å². The summed E-state index contributed by atoms with van der Waals surface area (Å²) in [5, 5.41) is 10.3. The van der Waals surface area contributed by atoms with E-state index in [1.54, 1.807) is 0 Å². The van der Waals surface area contributed by atoms with E-state index in [4.69, 9.17) is 4.74 Å². The molecule has 6 atom stereocenters. The summed E-state index contributed by atoms with van der Waals surface area (Å²) in [6.07, 6.45) is -0.257. The second-order valence-electron chi connectivity index (χ2n) is 5.99. The van der Waals surface area contributed by atoms with Crippen molar-refractivity contribution in [3.63, 3.8) is 0 Å². The second kappa shape index (κ2) is 4.04. The smallest absolute Gasteiger partial charge is 0.334 e. The van der Waals surface area contributed by atoms with Gasteiger partial charge in [-0.05, 0) is 12.3 Å². The predicted molar refractivity (Wildman–Crippen MR) is 68.0 cm³/mol. The van der Waals surface area contributed by atoms with Gasteiger partial charge < -0.3 is 9.84 Å². The summed E-state index contributed by atoms with van der Waals surface area (Å²) >= 11 is 0. The number of carbonyl (C=O) groups excluding carboxylic acids is 2. The van der Waals surface area contributed by atoms with Crippen LogP contribution in [0.5, 0.6) is 0 Å². The maximum absolute atomic E-state index is 12.0. The molecule has 2 saturated carbocycles. The zero-order valence-electron chi connectivity index (χ0n) is 11.0. The predicted octanol–water partition coefficient (Wildman–Crippen LogP) is 1.25. The normalized spacial score (nSPS) is 45.8. The Morgan fingerprint density at radius 2 is 1.95 bits per heavy atom. The Morgan fingerprint density at radius 3 is 2.63 bits per heavy atom. The molecule has 3 aliphatic rings. The summed E-state index contributed by atoms with van der Waals surface area (Å²) in [5.74, 6) is -0.839. The zero-order valence-corrected chi connectivity index (χ0v) is 11.0. The molecule has 3 rings (SSSR count). The van der Waals surface area contributed by atoms with E-state index in [-0.39, 0.29) is 23.5 Å². The first-order valence-electron chi connectivity index (χ1n) is 6.70. The summed E-state index contributed by atoms with van der Waals surface area (Å²) in [5.41, 5.74) is 1.23. The first-order chi connectivity index (χ1) is 8.91. The van der Waals surface area contributed by atoms with Crippen molar-refractivity contribution in [1.82, 2.24) is 0 Å². The number of aliphatic hydroxyl groups excluding tert-OH is 1. The van der Waals surface area contributed by atoms with Crippen LogP contribution in [0.4, 0.5) is 0 Å². The fourth-order valence-electron chi connectivity index (χ4n) is 3.95. The van der Waals surface area contributed by atoms with Gasteiger partial charge in [0, 0.05) is 23.8 Å². The van der Waals surface area contributed by atoms with Crippen LogP contribution in [0.3, 0.4) is 0 Å². The molecule has 19 heavy (non-hydrogen) atoms. The molecule has 0 aromatic carbocycles. The van der Waals surface area contributed by atoms with Crippen LogP contribution in [0, 0.1) is 23.7 Å². The standard InChI is InChI=1S/C15H18O4/c1-6-4-11(17)13-8(3)15(18)19-14(13)12-7(2)10(16)5-9(6)12/h7,9,11-14,17H,1,3-5H2,2H3/t7-,9+,11-,12+,13-,14-/m1/s1. The Hall–Kier alpha value is -1.42. The summed E-state index contributed by atoms with van der Waals surface area (Å²) in [6, 6.07) is 0. The lowest BCUT2D eigenvalue weighted by Gasteiger charge is -2.28. The van der Waals surface area contributed by atoms with Crippen LogP contribution in [-0.2, 0) is 14.3 Å². The maximum Gasteiger partial charge on any atom is 0.334 e. The van der Waals surface area contributed by atoms with Crippen LogP contribution < -0.4 is 0 Å². The number of ether oxygens (including phenoxy) is 1. The minimum atomic E-state index is -0.690. The highest BCUT2D eigenvalue weighted by Gasteiger charge is 2.56. The number of fused-ring (bicyclic) bond motifs is 3. The van der Waals surface area contributed by atoms with Crippen LogP contribution in [-0.4, -0.2) is 29.1 Å². The molecule has 4 nitrogen and oxygen atoms in total. The van der Waals surface area contributed by atoms with Crippen molar-refractivity contribution in [1.29, 1.82) is 0 Å². The first-order valence-corrected chi connectivity index (χ1v) is 6.70. The lowest BCUT2D eigenvalue weighted by atomic mass is 9.79. The molecule has 4 heteroatoms. The average molecular weight is 262 g/mol. The lowest BCUT2D eigenvalue weighted by Crippen LogP contribution is -2.35. The van der Waals surface area contributed by atoms with Crippen molar-refractivity contribution in [3.8, 4) is 0 Å². The molecule has 1 N–H and O–H groups in total. The van der Waals surface area contributed by atoms with Gasteiger partial charge in [-0.1, -0.05) is 25.7 Å². The molecular formula is C15H18O4. The zero-order chi connectivity index (χ0) is 13.9. The van der Waals surface area contributed by atoms with E-state index >= 15 is 0 Å². The van der Waals surface area contributed by atoms with Crippen molar-refractivity contribution in [2.24, 2.45) is 23.7 Å². The highest BCUT2D eigenvalue weighted by atomic mass is 16.6. The van der Waals surface area contributed by atoms with Gasteiger partial charge in [-0.2, -0.15) is 0 Å². The van der Waals surface area contributed by atoms with Crippen molar-refractivity contribution in [2.75, 3.05) is 0 Å². The van der Waals surface area contributed by atoms with Gasteiger partial charge in [0.05, 0.1) is 12.0 Å². The molecule has 1 saturated heterocycles. The Bertz CT molecular complexity index is 492. The van der Waals surface area contributed by atoms with Crippen LogP contribution in [0.15, 0.2) is 24.3 Å². The molecular weight excluding hydrogens is 244 g/mol. The van der Waals surface area contributed by atoms with E-state index in [9.17, 15) is 14.7 Å². The fraction of sp³-hybridized carbons (Fsp3) is 0.600. The quantitative estimate of drug-likeness (QED) is 0.405. The van der Waals surface area contributed by atoms with Gasteiger partial charge in [-0.3, -0.25) is 4.79 Å². The largest absolute Gasteiger partial charge is 0.458 e. The Balaban J connectivity index is 2.05. The van der Waals surface area contributed by atoms with Crippen LogP contribution in [0.25, 0.3) is 0 Å². The fourth-order valence-corrected chi connectivity index (χ4v) is 3.95. The number of esters is 1. The van der Waals surface area contributed by atoms with E-state index < -0.39 is 24.1 Å². The molecule has 0 aromatic heterocycles. The number of rotatable bonds is 0. The van der Waals surface area contributed by atoms with Crippen molar-refractivity contribution in [2.45, 2.75) is 32.0 Å². The third-order valence-corrected chi connectivity index (χ3v) is 5.02. The van der Waals surface area contributed by atoms with Gasteiger partial charge in [0.2, 0.25) is 0 Å². The molecule has 0 amide bonds. The third-order valence-electron chi connectivity index (χ3n) is 5.02. The third kappa shape index (κ3) is 1.62. The number of Topliss-reactive ketones (excluding diaryl/α,β-unsaturated/α-hetero) is 1. The lowest BCUT2D eigenvalue weighted by molar-refractivity contribution is -0.143. The number of hydrogen-bond acceptors (Lipinski definition) is 4. The molecule has 102 valence electrons. The molecule has 0 aromatic rings. The highest BCUT2D eigenvalue weighted by Crippen LogP contribution is 2.51. The summed E-state index contributed by atoms with van der Waals surface area (Å²) in [4.78, 5) is 23.7. The van der Waals surface area contributed by atoms with E-state index in [1.807, 2.05) is 6.92 Å². The Kier molecular flexibility index (Phi) is 2.68. The van der Waals surface area contributed by atoms with E-state index in [0.717, 1.165) is 5.57 Å². The van der Waals surface area contributed by atoms with Gasteiger partial charge in [0.25, 0.3) is 0 Å². The van der Waals surface area contributed by atoms with Gasteiger partial charge in [-0.15, -0.1) is 0 Å². The minimum Gasteiger partial charge on any atom is -0.458 e. The van der Waals surface area contributed by atoms with Gasteiger partial charge >= 0.3 is 5.97 Å². The molecule has 1 aliphatic heterocycles. The summed E-state index contributed by atoms with van der Waals surface area (Å²) in [6.45, 7) is 9.65. The van der Waals surface area contributed by atoms with Crippen molar-refractivity contribution in [3.05, 3.63) is 24.3 Å². The number of ketones is 1. The molecule has 0 radical (unpaired) electrons. The molecule has 2 aliphatic carbocycles. The summed E-state index contributed by atoms with van der Waals surface area (Å²) < 4.78 is 5.42. The van der Waals surface area contributed by atoms with Crippen LogP contribution in [0.2, 0.25) is 0 Å². The highest BCUT2D eigenvalue weighted by molar-refractivity contribution is 5.91. The van der Waals surface area contributed by atoms with E-state index in [1.165, 1.54) is 0 Å². The molecule has 0 bridgehead atoms. The van der Waals surface area contributed by atoms with Crippen LogP contribution in [0.1, 0.15) is 19.8 Å². The average Bonchev–Trinajstić information content (AvgIpc) is 2.75. The Labute approximate surface area is 112 Å². The topological polar surface area (TPSA) is 63.6 Å². The molecule has 0 spiro atoms. The van der Waals surface area contributed by atoms with Gasteiger partial charge in [-0.25, -0.2) is 4.79 Å². The SMILES string of the molecule is C=C1C(=O)O[C@H]2[C@H]1[C@H](O)CC(=C)[C@@H]1CC(=O)[C@@H](C)[C@H]21. The van der Waals surface area contributed by atoms with Crippen LogP contribution >= 0.6 is 0 Å². The minimum absolute atomic E-state index is 0.0193. The maximum atomic E-state index is 12.0. The number of carbonyl (C=O) groups is 2. The number of aliphatic hydroxyl groups is 1.